The molecule has 0 amide bonds. The predicted molar refractivity (Wildman–Crippen MR) is 113 cm³/mol. The molecular formula is C21H38S2. The normalized spacial score (nSPS) is 9.39. The molecule has 23 heavy (non-hydrogen) atoms. The van der Waals surface area contributed by atoms with Gasteiger partial charge in [-0.1, -0.05) is 55.4 Å². The Balaban J connectivity index is 0. The Kier molecular flexibility index (Phi) is 16.0. The summed E-state index contributed by atoms with van der Waals surface area (Å²) in [5.41, 5.74) is 0. The van der Waals surface area contributed by atoms with Crippen LogP contribution in [0.4, 0.5) is 0 Å². The zero-order valence-electron chi connectivity index (χ0n) is 17.0. The molecule has 0 aliphatic heterocycles. The van der Waals surface area contributed by atoms with Crippen LogP contribution in [0, 0.1) is 19.8 Å². The van der Waals surface area contributed by atoms with Crippen LogP contribution in [0.3, 0.4) is 0 Å². The van der Waals surface area contributed by atoms with Crippen molar-refractivity contribution >= 4 is 22.7 Å². The van der Waals surface area contributed by atoms with Gasteiger partial charge in [-0.05, 0) is 56.4 Å². The van der Waals surface area contributed by atoms with E-state index in [0.29, 0.717) is 5.92 Å². The molecule has 0 spiro atoms. The number of hydrogen-bond donors (Lipinski definition) is 0. The Hall–Kier alpha value is -0.600. The number of hydrogen-bond acceptors (Lipinski definition) is 2. The third kappa shape index (κ3) is 12.5. The summed E-state index contributed by atoms with van der Waals surface area (Å²) in [4.78, 5) is 5.86. The summed E-state index contributed by atoms with van der Waals surface area (Å²) in [5.74, 6) is 1.49. The van der Waals surface area contributed by atoms with Crippen LogP contribution in [-0.4, -0.2) is 0 Å². The molecule has 0 fully saturated rings. The SMILES string of the molecule is CC.CC.Cc1ccc(C(C)C)s1.Cc1ccc(CC(C)C)s1. The third-order valence-electron chi connectivity index (χ3n) is 2.74. The van der Waals surface area contributed by atoms with Crippen molar-refractivity contribution in [1.29, 1.82) is 0 Å². The molecule has 0 aliphatic rings. The fourth-order valence-electron chi connectivity index (χ4n) is 1.76. The van der Waals surface area contributed by atoms with E-state index in [0.717, 1.165) is 5.92 Å². The second-order valence-corrected chi connectivity index (χ2v) is 8.41. The third-order valence-corrected chi connectivity index (χ3v) is 5.06. The van der Waals surface area contributed by atoms with Crippen LogP contribution in [0.1, 0.15) is 80.8 Å². The highest BCUT2D eigenvalue weighted by Gasteiger charge is 1.99. The Labute approximate surface area is 154 Å². The minimum Gasteiger partial charge on any atom is -0.146 e. The minimum atomic E-state index is 0.698. The largest absolute Gasteiger partial charge is 0.146 e. The van der Waals surface area contributed by atoms with Gasteiger partial charge in [0.15, 0.2) is 0 Å². The van der Waals surface area contributed by atoms with E-state index in [1.165, 1.54) is 25.9 Å². The highest BCUT2D eigenvalue weighted by molar-refractivity contribution is 7.12. The van der Waals surface area contributed by atoms with Crippen LogP contribution >= 0.6 is 22.7 Å². The number of thiophene rings is 2. The molecule has 0 radical (unpaired) electrons. The molecule has 2 aromatic rings. The first-order valence-electron chi connectivity index (χ1n) is 9.00. The maximum atomic E-state index is 2.26. The van der Waals surface area contributed by atoms with Crippen LogP contribution < -0.4 is 0 Å². The fourth-order valence-corrected chi connectivity index (χ4v) is 3.74. The van der Waals surface area contributed by atoms with Crippen LogP contribution in [0.15, 0.2) is 24.3 Å². The summed E-state index contributed by atoms with van der Waals surface area (Å²) in [6.07, 6.45) is 1.23. The maximum Gasteiger partial charge on any atom is 0.00735 e. The highest BCUT2D eigenvalue weighted by atomic mass is 32.1. The van der Waals surface area contributed by atoms with Crippen LogP contribution in [0.5, 0.6) is 0 Å². The monoisotopic (exact) mass is 354 g/mol. The lowest BCUT2D eigenvalue weighted by Gasteiger charge is -1.98. The first-order chi connectivity index (χ1) is 10.9. The van der Waals surface area contributed by atoms with Gasteiger partial charge in [-0.2, -0.15) is 0 Å². The van der Waals surface area contributed by atoms with Crippen molar-refractivity contribution in [1.82, 2.24) is 0 Å². The lowest BCUT2D eigenvalue weighted by Crippen LogP contribution is -1.89. The highest BCUT2D eigenvalue weighted by Crippen LogP contribution is 2.22. The molecule has 0 saturated carbocycles. The van der Waals surface area contributed by atoms with Gasteiger partial charge in [0.25, 0.3) is 0 Å². The number of aryl methyl sites for hydroxylation is 2. The topological polar surface area (TPSA) is 0 Å². The van der Waals surface area contributed by atoms with Crippen molar-refractivity contribution < 1.29 is 0 Å². The Morgan fingerprint density at radius 3 is 1.48 bits per heavy atom. The van der Waals surface area contributed by atoms with E-state index in [4.69, 9.17) is 0 Å². The van der Waals surface area contributed by atoms with E-state index < -0.39 is 0 Å². The van der Waals surface area contributed by atoms with Crippen LogP contribution in [0.2, 0.25) is 0 Å². The molecule has 0 nitrogen and oxygen atoms in total. The Morgan fingerprint density at radius 2 is 1.22 bits per heavy atom. The van der Waals surface area contributed by atoms with Gasteiger partial charge < -0.3 is 0 Å². The molecule has 0 unspecified atom stereocenters. The van der Waals surface area contributed by atoms with E-state index in [2.05, 4.69) is 65.8 Å². The van der Waals surface area contributed by atoms with E-state index in [-0.39, 0.29) is 0 Å². The molecule has 0 aromatic carbocycles. The summed E-state index contributed by atoms with van der Waals surface area (Å²) < 4.78 is 0. The fraction of sp³-hybridized carbons (Fsp3) is 0.619. The molecule has 134 valence electrons. The van der Waals surface area contributed by atoms with E-state index in [9.17, 15) is 0 Å². The second kappa shape index (κ2) is 15.0. The maximum absolute atomic E-state index is 2.26. The van der Waals surface area contributed by atoms with Crippen molar-refractivity contribution in [3.63, 3.8) is 0 Å². The molecule has 2 rings (SSSR count). The standard InChI is InChI=1S/C9H14S.C8H12S.2C2H6/c1-7(2)6-9-5-4-8(3)10-9;1-6(2)8-5-4-7(3)9-8;2*1-2/h4-5,7H,6H2,1-3H3;4-6H,1-3H3;2*1-2H3. The predicted octanol–water partition coefficient (Wildman–Crippen LogP) is 8.49. The molecule has 2 heterocycles. The van der Waals surface area contributed by atoms with Crippen molar-refractivity contribution in [3.05, 3.63) is 43.8 Å². The molecule has 0 saturated heterocycles. The van der Waals surface area contributed by atoms with E-state index in [1.54, 1.807) is 0 Å². The smallest absolute Gasteiger partial charge is 0.00735 e. The van der Waals surface area contributed by atoms with Crippen LogP contribution in [0.25, 0.3) is 0 Å². The summed E-state index contributed by atoms with van der Waals surface area (Å²) in [5, 5.41) is 0. The molecule has 0 N–H and O–H groups in total. The van der Waals surface area contributed by atoms with Crippen molar-refractivity contribution in [2.24, 2.45) is 5.92 Å². The zero-order valence-corrected chi connectivity index (χ0v) is 18.6. The summed E-state index contributed by atoms with van der Waals surface area (Å²) in [6.45, 7) is 21.3. The average Bonchev–Trinajstić information content (AvgIpc) is 3.12. The molecule has 0 aliphatic carbocycles. The quantitative estimate of drug-likeness (QED) is 0.518. The van der Waals surface area contributed by atoms with Gasteiger partial charge in [0, 0.05) is 19.5 Å². The lowest BCUT2D eigenvalue weighted by molar-refractivity contribution is 0.654. The van der Waals surface area contributed by atoms with Crippen molar-refractivity contribution in [2.45, 2.75) is 81.6 Å². The molecule has 2 heteroatoms. The van der Waals surface area contributed by atoms with Gasteiger partial charge in [0.2, 0.25) is 0 Å². The summed E-state index contributed by atoms with van der Waals surface area (Å²) in [6, 6.07) is 8.83. The van der Waals surface area contributed by atoms with E-state index in [1.807, 2.05) is 50.4 Å². The summed E-state index contributed by atoms with van der Waals surface area (Å²) in [7, 11) is 0. The van der Waals surface area contributed by atoms with Gasteiger partial charge in [-0.15, -0.1) is 22.7 Å². The van der Waals surface area contributed by atoms with Gasteiger partial charge >= 0.3 is 0 Å². The first kappa shape index (κ1) is 24.6. The first-order valence-corrected chi connectivity index (χ1v) is 10.6. The Bertz CT molecular complexity index is 476. The average molecular weight is 355 g/mol. The van der Waals surface area contributed by atoms with Gasteiger partial charge in [0.1, 0.15) is 0 Å². The van der Waals surface area contributed by atoms with Gasteiger partial charge in [-0.25, -0.2) is 0 Å². The zero-order chi connectivity index (χ0) is 18.4. The van der Waals surface area contributed by atoms with Gasteiger partial charge in [0.05, 0.1) is 0 Å². The second-order valence-electron chi connectivity index (χ2n) is 5.71. The summed E-state index contributed by atoms with van der Waals surface area (Å²) >= 11 is 3.81. The van der Waals surface area contributed by atoms with Crippen molar-refractivity contribution in [2.75, 3.05) is 0 Å². The van der Waals surface area contributed by atoms with Gasteiger partial charge in [-0.3, -0.25) is 0 Å². The molecule has 0 atom stereocenters. The minimum absolute atomic E-state index is 0.698. The van der Waals surface area contributed by atoms with Crippen molar-refractivity contribution in [3.8, 4) is 0 Å². The number of rotatable bonds is 3. The van der Waals surface area contributed by atoms with E-state index >= 15 is 0 Å². The Morgan fingerprint density at radius 1 is 0.739 bits per heavy atom. The van der Waals surface area contributed by atoms with Crippen LogP contribution in [-0.2, 0) is 6.42 Å². The molecule has 0 bridgehead atoms. The molecular weight excluding hydrogens is 316 g/mol. The lowest BCUT2D eigenvalue weighted by atomic mass is 10.1. The molecule has 2 aromatic heterocycles.